The van der Waals surface area contributed by atoms with Gasteiger partial charge in [-0.1, -0.05) is 30.7 Å². The normalized spacial score (nSPS) is 26.0. The third-order valence-corrected chi connectivity index (χ3v) is 1.72. The minimum atomic E-state index is 0.292. The number of allylic oxidation sites excluding steroid dienone is 2. The first-order valence-electron chi connectivity index (χ1n) is 3.45. The maximum Gasteiger partial charge on any atom is 0.0291 e. The summed E-state index contributed by atoms with van der Waals surface area (Å²) in [5.41, 5.74) is 7.14. The van der Waals surface area contributed by atoms with Gasteiger partial charge in [-0.25, -0.2) is 0 Å². The van der Waals surface area contributed by atoms with E-state index < -0.39 is 0 Å². The van der Waals surface area contributed by atoms with Gasteiger partial charge in [-0.3, -0.25) is 0 Å². The summed E-state index contributed by atoms with van der Waals surface area (Å²) in [6.45, 7) is 2.14. The predicted octanol–water partition coefficient (Wildman–Crippen LogP) is 1.61. The third kappa shape index (κ3) is 1.42. The molecule has 0 fully saturated rings. The molecule has 1 aliphatic carbocycles. The van der Waals surface area contributed by atoms with E-state index in [4.69, 9.17) is 5.73 Å². The van der Waals surface area contributed by atoms with Crippen molar-refractivity contribution in [1.82, 2.24) is 0 Å². The van der Waals surface area contributed by atoms with Crippen LogP contribution in [0.15, 0.2) is 23.8 Å². The first-order chi connectivity index (χ1) is 4.34. The van der Waals surface area contributed by atoms with E-state index >= 15 is 0 Å². The number of rotatable bonds is 1. The molecule has 1 rings (SSSR count). The molecule has 0 radical (unpaired) electrons. The lowest BCUT2D eigenvalue weighted by Gasteiger charge is -2.14. The zero-order chi connectivity index (χ0) is 6.69. The Labute approximate surface area is 56.2 Å². The summed E-state index contributed by atoms with van der Waals surface area (Å²) in [4.78, 5) is 0. The van der Waals surface area contributed by atoms with E-state index in [-0.39, 0.29) is 0 Å². The van der Waals surface area contributed by atoms with Crippen molar-refractivity contribution in [3.05, 3.63) is 23.8 Å². The Morgan fingerprint density at radius 1 is 1.78 bits per heavy atom. The van der Waals surface area contributed by atoms with Crippen molar-refractivity contribution in [2.45, 2.75) is 25.8 Å². The van der Waals surface area contributed by atoms with Gasteiger partial charge in [0.25, 0.3) is 0 Å². The molecular formula is C8H13N. The van der Waals surface area contributed by atoms with Gasteiger partial charge < -0.3 is 5.73 Å². The fraction of sp³-hybridized carbons (Fsp3) is 0.500. The van der Waals surface area contributed by atoms with Gasteiger partial charge in [0.05, 0.1) is 0 Å². The van der Waals surface area contributed by atoms with Crippen LogP contribution >= 0.6 is 0 Å². The van der Waals surface area contributed by atoms with Crippen molar-refractivity contribution >= 4 is 0 Å². The van der Waals surface area contributed by atoms with E-state index in [9.17, 15) is 0 Å². The third-order valence-electron chi connectivity index (χ3n) is 1.72. The van der Waals surface area contributed by atoms with Crippen molar-refractivity contribution in [3.63, 3.8) is 0 Å². The lowest BCUT2D eigenvalue weighted by molar-refractivity contribution is 0.742. The van der Waals surface area contributed by atoms with Gasteiger partial charge >= 0.3 is 0 Å². The molecule has 50 valence electrons. The zero-order valence-corrected chi connectivity index (χ0v) is 5.80. The van der Waals surface area contributed by atoms with Crippen LogP contribution in [0.1, 0.15) is 19.8 Å². The molecule has 9 heavy (non-hydrogen) atoms. The maximum absolute atomic E-state index is 5.77. The lowest BCUT2D eigenvalue weighted by Crippen LogP contribution is -2.22. The Balaban J connectivity index is 2.63. The van der Waals surface area contributed by atoms with Crippen LogP contribution in [-0.2, 0) is 0 Å². The second-order valence-corrected chi connectivity index (χ2v) is 2.37. The van der Waals surface area contributed by atoms with Gasteiger partial charge in [0.15, 0.2) is 0 Å². The van der Waals surface area contributed by atoms with Crippen LogP contribution < -0.4 is 5.73 Å². The zero-order valence-electron chi connectivity index (χ0n) is 5.80. The quantitative estimate of drug-likeness (QED) is 0.563. The number of hydrogen-bond donors (Lipinski definition) is 1. The second kappa shape index (κ2) is 2.83. The average molecular weight is 123 g/mol. The van der Waals surface area contributed by atoms with E-state index in [0.29, 0.717) is 6.04 Å². The number of nitrogens with two attached hydrogens (primary N) is 1. The summed E-state index contributed by atoms with van der Waals surface area (Å²) < 4.78 is 0. The van der Waals surface area contributed by atoms with Crippen LogP contribution in [0, 0.1) is 0 Å². The molecule has 0 heterocycles. The summed E-state index contributed by atoms with van der Waals surface area (Å²) in [5, 5.41) is 0. The summed E-state index contributed by atoms with van der Waals surface area (Å²) in [6, 6.07) is 0.292. The molecular weight excluding hydrogens is 110 g/mol. The molecule has 0 aliphatic heterocycles. The Bertz CT molecular complexity index is 145. The SMILES string of the molecule is CCC1=CC=CCC1N. The average Bonchev–Trinajstić information content (AvgIpc) is 1.89. The molecule has 0 amide bonds. The van der Waals surface area contributed by atoms with E-state index in [1.807, 2.05) is 0 Å². The molecule has 0 spiro atoms. The summed E-state index contributed by atoms with van der Waals surface area (Å²) in [7, 11) is 0. The Hall–Kier alpha value is -0.560. The molecule has 0 aromatic heterocycles. The van der Waals surface area contributed by atoms with Crippen molar-refractivity contribution in [1.29, 1.82) is 0 Å². The molecule has 1 heteroatoms. The van der Waals surface area contributed by atoms with Crippen LogP contribution in [0.3, 0.4) is 0 Å². The molecule has 1 atom stereocenters. The standard InChI is InChI=1S/C8H13N/c1-2-7-5-3-4-6-8(7)9/h3-5,8H,2,6,9H2,1H3. The Morgan fingerprint density at radius 3 is 3.00 bits per heavy atom. The topological polar surface area (TPSA) is 26.0 Å². The van der Waals surface area contributed by atoms with Gasteiger partial charge in [0.1, 0.15) is 0 Å². The highest BCUT2D eigenvalue weighted by Gasteiger charge is 2.06. The van der Waals surface area contributed by atoms with Crippen molar-refractivity contribution in [2.75, 3.05) is 0 Å². The van der Waals surface area contributed by atoms with Gasteiger partial charge in [-0.2, -0.15) is 0 Å². The smallest absolute Gasteiger partial charge is 0.0291 e. The van der Waals surface area contributed by atoms with Gasteiger partial charge in [-0.05, 0) is 12.8 Å². The van der Waals surface area contributed by atoms with Crippen molar-refractivity contribution in [2.24, 2.45) is 5.73 Å². The van der Waals surface area contributed by atoms with Crippen LogP contribution in [0.4, 0.5) is 0 Å². The molecule has 2 N–H and O–H groups in total. The molecule has 1 unspecified atom stereocenters. The summed E-state index contributed by atoms with van der Waals surface area (Å²) >= 11 is 0. The highest BCUT2D eigenvalue weighted by Crippen LogP contribution is 2.13. The van der Waals surface area contributed by atoms with Crippen LogP contribution in [0.5, 0.6) is 0 Å². The molecule has 0 aromatic rings. The molecule has 0 saturated heterocycles. The lowest BCUT2D eigenvalue weighted by atomic mass is 9.98. The first-order valence-corrected chi connectivity index (χ1v) is 3.45. The largest absolute Gasteiger partial charge is 0.324 e. The van der Waals surface area contributed by atoms with Crippen LogP contribution in [-0.4, -0.2) is 6.04 Å². The highest BCUT2D eigenvalue weighted by atomic mass is 14.6. The van der Waals surface area contributed by atoms with Crippen LogP contribution in [0.25, 0.3) is 0 Å². The first kappa shape index (κ1) is 6.56. The Kier molecular flexibility index (Phi) is 2.06. The van der Waals surface area contributed by atoms with Crippen LogP contribution in [0.2, 0.25) is 0 Å². The predicted molar refractivity (Wildman–Crippen MR) is 40.1 cm³/mol. The minimum Gasteiger partial charge on any atom is -0.324 e. The number of hydrogen-bond acceptors (Lipinski definition) is 1. The summed E-state index contributed by atoms with van der Waals surface area (Å²) in [5.74, 6) is 0. The monoisotopic (exact) mass is 123 g/mol. The van der Waals surface area contributed by atoms with E-state index in [1.54, 1.807) is 0 Å². The van der Waals surface area contributed by atoms with Gasteiger partial charge in [-0.15, -0.1) is 0 Å². The second-order valence-electron chi connectivity index (χ2n) is 2.37. The van der Waals surface area contributed by atoms with E-state index in [2.05, 4.69) is 25.2 Å². The summed E-state index contributed by atoms with van der Waals surface area (Å²) in [6.07, 6.45) is 8.42. The Morgan fingerprint density at radius 2 is 2.56 bits per heavy atom. The van der Waals surface area contributed by atoms with Gasteiger partial charge in [0.2, 0.25) is 0 Å². The van der Waals surface area contributed by atoms with Crippen molar-refractivity contribution in [3.8, 4) is 0 Å². The minimum absolute atomic E-state index is 0.292. The molecule has 0 aromatic carbocycles. The van der Waals surface area contributed by atoms with E-state index in [1.165, 1.54) is 5.57 Å². The molecule has 1 nitrogen and oxygen atoms in total. The van der Waals surface area contributed by atoms with E-state index in [0.717, 1.165) is 12.8 Å². The molecule has 0 bridgehead atoms. The highest BCUT2D eigenvalue weighted by molar-refractivity contribution is 5.22. The van der Waals surface area contributed by atoms with Crippen molar-refractivity contribution < 1.29 is 0 Å². The fourth-order valence-electron chi connectivity index (χ4n) is 1.07. The molecule has 0 saturated carbocycles. The fourth-order valence-corrected chi connectivity index (χ4v) is 1.07. The van der Waals surface area contributed by atoms with Gasteiger partial charge in [0, 0.05) is 6.04 Å². The molecule has 1 aliphatic rings. The maximum atomic E-state index is 5.77.